The van der Waals surface area contributed by atoms with Crippen molar-refractivity contribution in [1.29, 1.82) is 0 Å². The summed E-state index contributed by atoms with van der Waals surface area (Å²) in [6, 6.07) is 1.20. The van der Waals surface area contributed by atoms with Crippen LogP contribution >= 0.6 is 15.9 Å². The van der Waals surface area contributed by atoms with E-state index in [2.05, 4.69) is 20.3 Å². The molecule has 0 aliphatic carbocycles. The third kappa shape index (κ3) is 1.78. The van der Waals surface area contributed by atoms with Crippen molar-refractivity contribution in [2.75, 3.05) is 6.54 Å². The Morgan fingerprint density at radius 2 is 2.27 bits per heavy atom. The molecule has 0 atom stereocenters. The summed E-state index contributed by atoms with van der Waals surface area (Å²) < 4.78 is 30.3. The van der Waals surface area contributed by atoms with E-state index in [1.54, 1.807) is 0 Å². The zero-order valence-corrected chi connectivity index (χ0v) is 7.07. The second kappa shape index (κ2) is 2.91. The Balaban J connectivity index is 2.92. The summed E-state index contributed by atoms with van der Waals surface area (Å²) in [5.41, 5.74) is 4.82. The zero-order valence-electron chi connectivity index (χ0n) is 5.48. The third-order valence-corrected chi connectivity index (χ3v) is 1.60. The van der Waals surface area contributed by atoms with Crippen LogP contribution in [0.4, 0.5) is 8.78 Å². The number of furan rings is 1. The molecule has 0 saturated carbocycles. The van der Waals surface area contributed by atoms with Crippen molar-refractivity contribution in [3.8, 4) is 0 Å². The number of hydrogen-bond acceptors (Lipinski definition) is 2. The summed E-state index contributed by atoms with van der Waals surface area (Å²) in [6.07, 6.45) is 1.19. The van der Waals surface area contributed by atoms with Gasteiger partial charge in [0, 0.05) is 6.07 Å². The van der Waals surface area contributed by atoms with Crippen molar-refractivity contribution >= 4 is 15.9 Å². The van der Waals surface area contributed by atoms with Gasteiger partial charge < -0.3 is 10.2 Å². The molecule has 5 heteroatoms. The molecule has 0 spiro atoms. The number of hydrogen-bond donors (Lipinski definition) is 1. The van der Waals surface area contributed by atoms with Gasteiger partial charge in [-0.2, -0.15) is 8.78 Å². The number of halogens is 3. The number of rotatable bonds is 2. The first-order valence-corrected chi connectivity index (χ1v) is 3.68. The van der Waals surface area contributed by atoms with Crippen molar-refractivity contribution in [2.24, 2.45) is 5.73 Å². The highest BCUT2D eigenvalue weighted by Crippen LogP contribution is 2.29. The molecule has 0 radical (unpaired) electrons. The van der Waals surface area contributed by atoms with Gasteiger partial charge in [-0.3, -0.25) is 0 Å². The van der Waals surface area contributed by atoms with E-state index in [0.717, 1.165) is 0 Å². The smallest absolute Gasteiger partial charge is 0.316 e. The van der Waals surface area contributed by atoms with Gasteiger partial charge in [0.1, 0.15) is 6.26 Å². The van der Waals surface area contributed by atoms with E-state index in [4.69, 9.17) is 5.73 Å². The molecular weight excluding hydrogens is 220 g/mol. The quantitative estimate of drug-likeness (QED) is 0.838. The minimum Gasteiger partial charge on any atom is -0.462 e. The average Bonchev–Trinajstić information content (AvgIpc) is 2.36. The molecule has 0 amide bonds. The first kappa shape index (κ1) is 8.67. The van der Waals surface area contributed by atoms with Crippen LogP contribution in [0.5, 0.6) is 0 Å². The van der Waals surface area contributed by atoms with Gasteiger partial charge in [-0.25, -0.2) is 0 Å². The predicted octanol–water partition coefficient (Wildman–Crippen LogP) is 2.09. The van der Waals surface area contributed by atoms with Crippen LogP contribution in [0.2, 0.25) is 0 Å². The Hall–Kier alpha value is -0.420. The minimum absolute atomic E-state index is 0.410. The molecule has 0 aliphatic rings. The lowest BCUT2D eigenvalue weighted by atomic mass is 10.2. The van der Waals surface area contributed by atoms with Crippen molar-refractivity contribution in [3.05, 3.63) is 22.6 Å². The second-order valence-electron chi connectivity index (χ2n) is 2.04. The Morgan fingerprint density at radius 1 is 1.64 bits per heavy atom. The van der Waals surface area contributed by atoms with E-state index in [1.807, 2.05) is 0 Å². The summed E-state index contributed by atoms with van der Waals surface area (Å²) in [6.45, 7) is -0.743. The monoisotopic (exact) mass is 225 g/mol. The highest BCUT2D eigenvalue weighted by atomic mass is 79.9. The van der Waals surface area contributed by atoms with Crippen LogP contribution < -0.4 is 5.73 Å². The van der Waals surface area contributed by atoms with Crippen LogP contribution in [-0.4, -0.2) is 6.54 Å². The lowest BCUT2D eigenvalue weighted by molar-refractivity contribution is -0.0159. The fraction of sp³-hybridized carbons (Fsp3) is 0.333. The highest BCUT2D eigenvalue weighted by molar-refractivity contribution is 9.10. The molecule has 1 heterocycles. The van der Waals surface area contributed by atoms with Gasteiger partial charge in [0.15, 0.2) is 5.76 Å². The fourth-order valence-corrected chi connectivity index (χ4v) is 0.907. The topological polar surface area (TPSA) is 39.2 Å². The molecule has 2 N–H and O–H groups in total. The molecule has 1 aromatic rings. The summed E-state index contributed by atoms with van der Waals surface area (Å²) in [5, 5.41) is 0. The molecule has 1 aromatic heterocycles. The van der Waals surface area contributed by atoms with Crippen molar-refractivity contribution in [2.45, 2.75) is 5.92 Å². The van der Waals surface area contributed by atoms with Crippen LogP contribution in [0.1, 0.15) is 5.76 Å². The van der Waals surface area contributed by atoms with E-state index in [0.29, 0.717) is 4.47 Å². The van der Waals surface area contributed by atoms with Gasteiger partial charge in [-0.05, 0) is 15.9 Å². The van der Waals surface area contributed by atoms with Crippen LogP contribution in [0.15, 0.2) is 21.2 Å². The van der Waals surface area contributed by atoms with Crippen molar-refractivity contribution < 1.29 is 13.2 Å². The van der Waals surface area contributed by atoms with Gasteiger partial charge in [-0.1, -0.05) is 0 Å². The van der Waals surface area contributed by atoms with Gasteiger partial charge in [-0.15, -0.1) is 0 Å². The van der Waals surface area contributed by atoms with E-state index < -0.39 is 18.2 Å². The largest absolute Gasteiger partial charge is 0.462 e. The average molecular weight is 226 g/mol. The Kier molecular flexibility index (Phi) is 2.29. The molecule has 2 nitrogen and oxygen atoms in total. The molecule has 0 bridgehead atoms. The summed E-state index contributed by atoms with van der Waals surface area (Å²) in [5.74, 6) is -3.47. The maximum Gasteiger partial charge on any atom is 0.316 e. The maximum absolute atomic E-state index is 12.7. The zero-order chi connectivity index (χ0) is 8.48. The summed E-state index contributed by atoms with van der Waals surface area (Å²) >= 11 is 2.99. The molecule has 1 rings (SSSR count). The lowest BCUT2D eigenvalue weighted by Gasteiger charge is -2.08. The molecule has 0 aromatic carbocycles. The Bertz CT molecular complexity index is 248. The Labute approximate surface area is 70.5 Å². The third-order valence-electron chi connectivity index (χ3n) is 1.18. The van der Waals surface area contributed by atoms with E-state index in [9.17, 15) is 8.78 Å². The van der Waals surface area contributed by atoms with Gasteiger partial charge in [0.05, 0.1) is 11.0 Å². The first-order chi connectivity index (χ1) is 5.06. The lowest BCUT2D eigenvalue weighted by Crippen LogP contribution is -2.24. The number of alkyl halides is 2. The molecule has 0 saturated heterocycles. The van der Waals surface area contributed by atoms with Crippen LogP contribution in [0.25, 0.3) is 0 Å². The molecule has 62 valence electrons. The highest BCUT2D eigenvalue weighted by Gasteiger charge is 2.33. The van der Waals surface area contributed by atoms with Crippen molar-refractivity contribution in [1.82, 2.24) is 0 Å². The second-order valence-corrected chi connectivity index (χ2v) is 2.95. The fourth-order valence-electron chi connectivity index (χ4n) is 0.605. The van der Waals surface area contributed by atoms with E-state index >= 15 is 0 Å². The van der Waals surface area contributed by atoms with Gasteiger partial charge in [0.25, 0.3) is 0 Å². The molecule has 0 aliphatic heterocycles. The van der Waals surface area contributed by atoms with Gasteiger partial charge in [0.2, 0.25) is 0 Å². The summed E-state index contributed by atoms with van der Waals surface area (Å²) in [4.78, 5) is 0. The predicted molar refractivity (Wildman–Crippen MR) is 39.4 cm³/mol. The molecule has 11 heavy (non-hydrogen) atoms. The normalized spacial score (nSPS) is 12.0. The van der Waals surface area contributed by atoms with Crippen molar-refractivity contribution in [3.63, 3.8) is 0 Å². The molecular formula is C6H6BrF2NO. The standard InChI is InChI=1S/C6H6BrF2NO/c7-4-1-5(11-2-4)6(8,9)3-10/h1-2H,3,10H2. The van der Waals surface area contributed by atoms with Crippen LogP contribution in [0.3, 0.4) is 0 Å². The summed E-state index contributed by atoms with van der Waals surface area (Å²) in [7, 11) is 0. The first-order valence-electron chi connectivity index (χ1n) is 2.88. The molecule has 0 unspecified atom stereocenters. The number of nitrogens with two attached hydrogens (primary N) is 1. The van der Waals surface area contributed by atoms with Crippen LogP contribution in [-0.2, 0) is 5.92 Å². The SMILES string of the molecule is NCC(F)(F)c1cc(Br)co1. The van der Waals surface area contributed by atoms with E-state index in [-0.39, 0.29) is 0 Å². The minimum atomic E-state index is -3.06. The Morgan fingerprint density at radius 3 is 2.64 bits per heavy atom. The maximum atomic E-state index is 12.7. The van der Waals surface area contributed by atoms with Gasteiger partial charge >= 0.3 is 5.92 Å². The molecule has 0 fully saturated rings. The van der Waals surface area contributed by atoms with Crippen LogP contribution in [0, 0.1) is 0 Å². The van der Waals surface area contributed by atoms with E-state index in [1.165, 1.54) is 12.3 Å².